The van der Waals surface area contributed by atoms with Crippen LogP contribution in [-0.4, -0.2) is 47.6 Å². The summed E-state index contributed by atoms with van der Waals surface area (Å²) in [4.78, 5) is 2.05. The van der Waals surface area contributed by atoms with Gasteiger partial charge in [0, 0.05) is 23.7 Å². The molecule has 0 amide bonds. The van der Waals surface area contributed by atoms with Crippen LogP contribution in [0.1, 0.15) is 12.0 Å². The molecule has 0 atom stereocenters. The number of rotatable bonds is 8. The van der Waals surface area contributed by atoms with Crippen molar-refractivity contribution in [2.24, 2.45) is 0 Å². The van der Waals surface area contributed by atoms with E-state index in [9.17, 15) is 8.42 Å². The summed E-state index contributed by atoms with van der Waals surface area (Å²) in [5.41, 5.74) is 0.581. The second-order valence-electron chi connectivity index (χ2n) is 4.92. The summed E-state index contributed by atoms with van der Waals surface area (Å²) >= 11 is 12.2. The quantitative estimate of drug-likeness (QED) is 0.701. The molecule has 0 aliphatic heterocycles. The SMILES string of the molecule is CNCc1c(Cl)ccc(S(=O)(=O)NCCCN(C)C)c1Cl. The third-order valence-corrected chi connectivity index (χ3v) is 5.27. The molecule has 0 spiro atoms. The predicted molar refractivity (Wildman–Crippen MR) is 87.6 cm³/mol. The van der Waals surface area contributed by atoms with E-state index in [1.807, 2.05) is 19.0 Å². The van der Waals surface area contributed by atoms with Gasteiger partial charge in [0.25, 0.3) is 0 Å². The maximum atomic E-state index is 12.3. The molecule has 21 heavy (non-hydrogen) atoms. The molecule has 0 aliphatic carbocycles. The Hall–Kier alpha value is -0.370. The van der Waals surface area contributed by atoms with E-state index >= 15 is 0 Å². The van der Waals surface area contributed by atoms with Crippen molar-refractivity contribution in [2.45, 2.75) is 17.9 Å². The minimum absolute atomic E-state index is 0.0590. The van der Waals surface area contributed by atoms with Gasteiger partial charge in [0.15, 0.2) is 0 Å². The molecule has 0 aromatic heterocycles. The van der Waals surface area contributed by atoms with Gasteiger partial charge in [-0.25, -0.2) is 13.1 Å². The largest absolute Gasteiger partial charge is 0.316 e. The summed E-state index contributed by atoms with van der Waals surface area (Å²) in [5, 5.41) is 3.53. The molecule has 0 heterocycles. The Morgan fingerprint density at radius 2 is 1.90 bits per heavy atom. The molecule has 0 fully saturated rings. The molecule has 0 bridgehead atoms. The van der Waals surface area contributed by atoms with Gasteiger partial charge in [-0.2, -0.15) is 0 Å². The molecule has 5 nitrogen and oxygen atoms in total. The van der Waals surface area contributed by atoms with E-state index in [0.717, 1.165) is 13.0 Å². The van der Waals surface area contributed by atoms with Crippen molar-refractivity contribution in [1.82, 2.24) is 14.9 Å². The van der Waals surface area contributed by atoms with Crippen LogP contribution in [0, 0.1) is 0 Å². The van der Waals surface area contributed by atoms with E-state index in [0.29, 0.717) is 23.7 Å². The van der Waals surface area contributed by atoms with Gasteiger partial charge in [0.2, 0.25) is 10.0 Å². The molecular formula is C13H21Cl2N3O2S. The predicted octanol–water partition coefficient (Wildman–Crippen LogP) is 1.94. The van der Waals surface area contributed by atoms with Crippen molar-refractivity contribution in [3.05, 3.63) is 27.7 Å². The molecule has 120 valence electrons. The highest BCUT2D eigenvalue weighted by molar-refractivity contribution is 7.89. The fourth-order valence-electron chi connectivity index (χ4n) is 1.80. The highest BCUT2D eigenvalue weighted by Gasteiger charge is 2.20. The van der Waals surface area contributed by atoms with Crippen LogP contribution in [0.4, 0.5) is 0 Å². The number of halogens is 2. The summed E-state index contributed by atoms with van der Waals surface area (Å²) in [7, 11) is 1.99. The summed E-state index contributed by atoms with van der Waals surface area (Å²) in [6, 6.07) is 2.98. The molecule has 1 rings (SSSR count). The van der Waals surface area contributed by atoms with Crippen LogP contribution in [0.5, 0.6) is 0 Å². The second-order valence-corrected chi connectivity index (χ2v) is 7.44. The molecule has 2 N–H and O–H groups in total. The first-order valence-electron chi connectivity index (χ1n) is 6.55. The first-order chi connectivity index (χ1) is 9.79. The molecule has 0 radical (unpaired) electrons. The van der Waals surface area contributed by atoms with Crippen LogP contribution in [0.15, 0.2) is 17.0 Å². The molecule has 0 unspecified atom stereocenters. The van der Waals surface area contributed by atoms with Gasteiger partial charge in [0.1, 0.15) is 4.90 Å². The lowest BCUT2D eigenvalue weighted by Crippen LogP contribution is -2.27. The van der Waals surface area contributed by atoms with Gasteiger partial charge in [-0.1, -0.05) is 23.2 Å². The lowest BCUT2D eigenvalue weighted by molar-refractivity contribution is 0.400. The van der Waals surface area contributed by atoms with Crippen LogP contribution in [0.3, 0.4) is 0 Å². The van der Waals surface area contributed by atoms with Gasteiger partial charge < -0.3 is 10.2 Å². The maximum Gasteiger partial charge on any atom is 0.242 e. The number of hydrogen-bond donors (Lipinski definition) is 2. The smallest absolute Gasteiger partial charge is 0.242 e. The monoisotopic (exact) mass is 353 g/mol. The van der Waals surface area contributed by atoms with Crippen molar-refractivity contribution in [3.63, 3.8) is 0 Å². The Balaban J connectivity index is 2.90. The van der Waals surface area contributed by atoms with E-state index in [2.05, 4.69) is 10.0 Å². The molecule has 0 saturated carbocycles. The summed E-state index contributed by atoms with van der Waals surface area (Å²) in [6.45, 7) is 1.57. The first kappa shape index (κ1) is 18.7. The van der Waals surface area contributed by atoms with E-state index in [1.165, 1.54) is 6.07 Å². The molecule has 8 heteroatoms. The number of nitrogens with one attached hydrogen (secondary N) is 2. The zero-order valence-corrected chi connectivity index (χ0v) is 14.7. The normalized spacial score (nSPS) is 12.1. The average Bonchev–Trinajstić information content (AvgIpc) is 2.39. The van der Waals surface area contributed by atoms with Crippen LogP contribution >= 0.6 is 23.2 Å². The molecule has 0 aliphatic rings. The second kappa shape index (κ2) is 8.31. The highest BCUT2D eigenvalue weighted by atomic mass is 35.5. The molecule has 0 saturated heterocycles. The Bertz CT molecular complexity index is 577. The number of nitrogens with zero attached hydrogens (tertiary/aromatic N) is 1. The van der Waals surface area contributed by atoms with Gasteiger partial charge in [0.05, 0.1) is 5.02 Å². The Labute approximate surface area is 136 Å². The van der Waals surface area contributed by atoms with Crippen LogP contribution in [0.2, 0.25) is 10.0 Å². The number of sulfonamides is 1. The van der Waals surface area contributed by atoms with Crippen LogP contribution in [0.25, 0.3) is 0 Å². The van der Waals surface area contributed by atoms with E-state index in [4.69, 9.17) is 23.2 Å². The van der Waals surface area contributed by atoms with E-state index in [1.54, 1.807) is 13.1 Å². The third kappa shape index (κ3) is 5.39. The fourth-order valence-corrected chi connectivity index (χ4v) is 3.79. The van der Waals surface area contributed by atoms with E-state index < -0.39 is 10.0 Å². The van der Waals surface area contributed by atoms with Gasteiger partial charge in [-0.15, -0.1) is 0 Å². The minimum atomic E-state index is -3.63. The maximum absolute atomic E-state index is 12.3. The zero-order valence-electron chi connectivity index (χ0n) is 12.4. The standard InChI is InChI=1S/C13H21Cl2N3O2S/c1-16-9-10-11(14)5-6-12(13(10)15)21(19,20)17-7-4-8-18(2)3/h5-6,16-17H,4,7-9H2,1-3H3. The molecular weight excluding hydrogens is 333 g/mol. The lowest BCUT2D eigenvalue weighted by Gasteiger charge is -2.13. The van der Waals surface area contributed by atoms with Crippen molar-refractivity contribution >= 4 is 33.2 Å². The Morgan fingerprint density at radius 1 is 1.24 bits per heavy atom. The Kier molecular flexibility index (Phi) is 7.39. The minimum Gasteiger partial charge on any atom is -0.316 e. The Morgan fingerprint density at radius 3 is 2.48 bits per heavy atom. The zero-order chi connectivity index (χ0) is 16.0. The number of hydrogen-bond acceptors (Lipinski definition) is 4. The summed E-state index contributed by atoms with van der Waals surface area (Å²) in [5.74, 6) is 0. The topological polar surface area (TPSA) is 61.4 Å². The van der Waals surface area contributed by atoms with Crippen LogP contribution < -0.4 is 10.0 Å². The van der Waals surface area contributed by atoms with Crippen molar-refractivity contribution < 1.29 is 8.42 Å². The average molecular weight is 354 g/mol. The van der Waals surface area contributed by atoms with Crippen LogP contribution in [-0.2, 0) is 16.6 Å². The van der Waals surface area contributed by atoms with Gasteiger partial charge in [-0.3, -0.25) is 0 Å². The third-order valence-electron chi connectivity index (χ3n) is 2.87. The highest BCUT2D eigenvalue weighted by Crippen LogP contribution is 2.30. The number of benzene rings is 1. The summed E-state index contributed by atoms with van der Waals surface area (Å²) in [6.07, 6.45) is 0.723. The lowest BCUT2D eigenvalue weighted by atomic mass is 10.2. The van der Waals surface area contributed by atoms with Gasteiger partial charge >= 0.3 is 0 Å². The van der Waals surface area contributed by atoms with Crippen molar-refractivity contribution in [1.29, 1.82) is 0 Å². The molecule has 1 aromatic carbocycles. The fraction of sp³-hybridized carbons (Fsp3) is 0.538. The van der Waals surface area contributed by atoms with Crippen molar-refractivity contribution in [2.75, 3.05) is 34.2 Å². The van der Waals surface area contributed by atoms with Crippen molar-refractivity contribution in [3.8, 4) is 0 Å². The summed E-state index contributed by atoms with van der Waals surface area (Å²) < 4.78 is 27.1. The first-order valence-corrected chi connectivity index (χ1v) is 8.79. The van der Waals surface area contributed by atoms with E-state index in [-0.39, 0.29) is 9.92 Å². The van der Waals surface area contributed by atoms with Gasteiger partial charge in [-0.05, 0) is 46.2 Å². The molecule has 1 aromatic rings.